The molecule has 35 heavy (non-hydrogen) atoms. The summed E-state index contributed by atoms with van der Waals surface area (Å²) in [4.78, 5) is 25.3. The monoisotopic (exact) mass is 475 g/mol. The molecule has 0 amide bonds. The lowest BCUT2D eigenvalue weighted by Gasteiger charge is -2.27. The van der Waals surface area contributed by atoms with Crippen molar-refractivity contribution < 1.29 is 24.2 Å². The van der Waals surface area contributed by atoms with Crippen molar-refractivity contribution in [3.05, 3.63) is 71.9 Å². The Kier molecular flexibility index (Phi) is 7.71. The predicted octanol–water partition coefficient (Wildman–Crippen LogP) is 5.58. The third-order valence-corrected chi connectivity index (χ3v) is 6.35. The van der Waals surface area contributed by atoms with E-state index in [0.29, 0.717) is 24.9 Å². The molecule has 2 heterocycles. The molecule has 1 saturated heterocycles. The van der Waals surface area contributed by atoms with Gasteiger partial charge in [0.05, 0.1) is 30.4 Å². The maximum atomic E-state index is 13.4. The molecule has 0 unspecified atom stereocenters. The number of aliphatic hydroxyl groups excluding tert-OH is 1. The van der Waals surface area contributed by atoms with E-state index in [9.17, 15) is 14.7 Å². The first-order valence-electron chi connectivity index (χ1n) is 12.3. The standard InChI is InChI=1S/C29H33NO5/c1-4-34-29(33)26-25(20-11-7-5-8-12-20)28(21-13-9-6-10-14-21)30(27(26)19(2)3)16-15-23-17-22(31)18-24(32)35-23/h5-14,19,22-23,31H,4,15-18H2,1-3H3/t22-,23-/m1/s1. The molecule has 184 valence electrons. The lowest BCUT2D eigenvalue weighted by Crippen LogP contribution is -2.33. The molecule has 1 aromatic heterocycles. The molecule has 2 aromatic carbocycles. The largest absolute Gasteiger partial charge is 0.462 e. The van der Waals surface area contributed by atoms with E-state index in [1.807, 2.05) is 67.6 Å². The van der Waals surface area contributed by atoms with E-state index in [-0.39, 0.29) is 37.0 Å². The maximum absolute atomic E-state index is 13.4. The molecule has 0 radical (unpaired) electrons. The van der Waals surface area contributed by atoms with Gasteiger partial charge in [0.1, 0.15) is 6.10 Å². The smallest absolute Gasteiger partial charge is 0.340 e. The quantitative estimate of drug-likeness (QED) is 0.431. The number of nitrogens with zero attached hydrogens (tertiary/aromatic N) is 1. The topological polar surface area (TPSA) is 77.8 Å². The third-order valence-electron chi connectivity index (χ3n) is 6.35. The van der Waals surface area contributed by atoms with Gasteiger partial charge in [0.2, 0.25) is 0 Å². The van der Waals surface area contributed by atoms with Gasteiger partial charge in [-0.15, -0.1) is 0 Å². The molecule has 3 aromatic rings. The number of hydrogen-bond acceptors (Lipinski definition) is 5. The number of cyclic esters (lactones) is 1. The minimum atomic E-state index is -0.681. The summed E-state index contributed by atoms with van der Waals surface area (Å²) in [5.74, 6) is -0.676. The first kappa shape index (κ1) is 24.7. The Morgan fingerprint density at radius 2 is 1.71 bits per heavy atom. The normalized spacial score (nSPS) is 17.9. The summed E-state index contributed by atoms with van der Waals surface area (Å²) < 4.78 is 13.3. The highest BCUT2D eigenvalue weighted by atomic mass is 16.5. The van der Waals surface area contributed by atoms with Crippen LogP contribution < -0.4 is 0 Å². The number of carbonyl (C=O) groups is 2. The molecule has 2 atom stereocenters. The number of benzene rings is 2. The van der Waals surface area contributed by atoms with Gasteiger partial charge < -0.3 is 19.1 Å². The third kappa shape index (κ3) is 5.33. The van der Waals surface area contributed by atoms with E-state index >= 15 is 0 Å². The molecule has 0 spiro atoms. The highest BCUT2D eigenvalue weighted by Gasteiger charge is 2.32. The number of esters is 2. The summed E-state index contributed by atoms with van der Waals surface area (Å²) in [7, 11) is 0. The molecule has 1 aliphatic rings. The van der Waals surface area contributed by atoms with Crippen molar-refractivity contribution in [3.63, 3.8) is 0 Å². The molecule has 4 rings (SSSR count). The number of aromatic nitrogens is 1. The van der Waals surface area contributed by atoms with Crippen molar-refractivity contribution in [2.75, 3.05) is 6.61 Å². The van der Waals surface area contributed by atoms with E-state index in [0.717, 1.165) is 28.1 Å². The average molecular weight is 476 g/mol. The number of carbonyl (C=O) groups excluding carboxylic acids is 2. The fourth-order valence-corrected chi connectivity index (χ4v) is 4.97. The van der Waals surface area contributed by atoms with Crippen molar-refractivity contribution >= 4 is 11.9 Å². The molecular formula is C29H33NO5. The minimum Gasteiger partial charge on any atom is -0.462 e. The van der Waals surface area contributed by atoms with Crippen LogP contribution in [0.5, 0.6) is 0 Å². The van der Waals surface area contributed by atoms with E-state index in [4.69, 9.17) is 9.47 Å². The van der Waals surface area contributed by atoms with Gasteiger partial charge in [0.15, 0.2) is 0 Å². The Balaban J connectivity index is 1.92. The number of ether oxygens (including phenoxy) is 2. The SMILES string of the molecule is CCOC(=O)c1c(-c2ccccc2)c(-c2ccccc2)n(CC[C@@H]2C[C@@H](O)CC(=O)O2)c1C(C)C. The molecule has 0 saturated carbocycles. The van der Waals surface area contributed by atoms with Crippen LogP contribution in [0.2, 0.25) is 0 Å². The minimum absolute atomic E-state index is 0.0360. The van der Waals surface area contributed by atoms with Gasteiger partial charge in [-0.2, -0.15) is 0 Å². The summed E-state index contributed by atoms with van der Waals surface area (Å²) in [6.45, 7) is 6.77. The van der Waals surface area contributed by atoms with Gasteiger partial charge in [0, 0.05) is 30.6 Å². The van der Waals surface area contributed by atoms with E-state index in [1.54, 1.807) is 0 Å². The first-order valence-corrected chi connectivity index (χ1v) is 12.3. The van der Waals surface area contributed by atoms with Crippen LogP contribution in [-0.2, 0) is 20.8 Å². The molecule has 1 aliphatic heterocycles. The van der Waals surface area contributed by atoms with E-state index in [1.165, 1.54) is 0 Å². The molecular weight excluding hydrogens is 442 g/mol. The van der Waals surface area contributed by atoms with Crippen LogP contribution in [0.4, 0.5) is 0 Å². The van der Waals surface area contributed by atoms with Crippen molar-refractivity contribution in [1.82, 2.24) is 4.57 Å². The summed E-state index contributed by atoms with van der Waals surface area (Å²) in [5, 5.41) is 10.1. The van der Waals surface area contributed by atoms with Crippen LogP contribution in [0.1, 0.15) is 62.0 Å². The lowest BCUT2D eigenvalue weighted by atomic mass is 9.95. The van der Waals surface area contributed by atoms with Crippen molar-refractivity contribution in [3.8, 4) is 22.4 Å². The van der Waals surface area contributed by atoms with Crippen LogP contribution in [0.3, 0.4) is 0 Å². The number of hydrogen-bond donors (Lipinski definition) is 1. The van der Waals surface area contributed by atoms with Gasteiger partial charge in [-0.25, -0.2) is 4.79 Å². The average Bonchev–Trinajstić information content (AvgIpc) is 3.19. The second kappa shape index (κ2) is 10.9. The van der Waals surface area contributed by atoms with E-state index in [2.05, 4.69) is 18.4 Å². The summed E-state index contributed by atoms with van der Waals surface area (Å²) in [6.07, 6.45) is -0.0609. The zero-order valence-corrected chi connectivity index (χ0v) is 20.6. The van der Waals surface area contributed by atoms with Crippen molar-refractivity contribution in [2.45, 2.75) is 64.7 Å². The van der Waals surface area contributed by atoms with E-state index < -0.39 is 6.10 Å². The molecule has 6 heteroatoms. The Morgan fingerprint density at radius 3 is 2.29 bits per heavy atom. The fourth-order valence-electron chi connectivity index (χ4n) is 4.97. The molecule has 0 bridgehead atoms. The van der Waals surface area contributed by atoms with Gasteiger partial charge in [-0.1, -0.05) is 74.5 Å². The van der Waals surface area contributed by atoms with Crippen LogP contribution in [0, 0.1) is 0 Å². The zero-order valence-electron chi connectivity index (χ0n) is 20.6. The van der Waals surface area contributed by atoms with Crippen LogP contribution >= 0.6 is 0 Å². The van der Waals surface area contributed by atoms with Gasteiger partial charge >= 0.3 is 11.9 Å². The molecule has 1 fully saturated rings. The van der Waals surface area contributed by atoms with Gasteiger partial charge in [-0.05, 0) is 24.0 Å². The Hall–Kier alpha value is -3.38. The summed E-state index contributed by atoms with van der Waals surface area (Å²) in [6, 6.07) is 19.9. The zero-order chi connectivity index (χ0) is 24.9. The highest BCUT2D eigenvalue weighted by molar-refractivity contribution is 6.04. The molecule has 0 aliphatic carbocycles. The molecule has 1 N–H and O–H groups in total. The Labute approximate surface area is 206 Å². The fraction of sp³-hybridized carbons (Fsp3) is 0.379. The molecule has 6 nitrogen and oxygen atoms in total. The highest BCUT2D eigenvalue weighted by Crippen LogP contribution is 2.42. The van der Waals surface area contributed by atoms with Gasteiger partial charge in [0.25, 0.3) is 0 Å². The second-order valence-electron chi connectivity index (χ2n) is 9.24. The number of aliphatic hydroxyl groups is 1. The van der Waals surface area contributed by atoms with Crippen molar-refractivity contribution in [1.29, 1.82) is 0 Å². The maximum Gasteiger partial charge on any atom is 0.340 e. The lowest BCUT2D eigenvalue weighted by molar-refractivity contribution is -0.160. The van der Waals surface area contributed by atoms with Gasteiger partial charge in [-0.3, -0.25) is 4.79 Å². The van der Waals surface area contributed by atoms with Crippen LogP contribution in [0.25, 0.3) is 22.4 Å². The van der Waals surface area contributed by atoms with Crippen LogP contribution in [0.15, 0.2) is 60.7 Å². The van der Waals surface area contributed by atoms with Crippen molar-refractivity contribution in [2.24, 2.45) is 0 Å². The van der Waals surface area contributed by atoms with Crippen LogP contribution in [-0.4, -0.2) is 40.4 Å². The Bertz CT molecular complexity index is 1170. The number of rotatable bonds is 8. The Morgan fingerprint density at radius 1 is 1.09 bits per heavy atom. The first-order chi connectivity index (χ1) is 16.9. The summed E-state index contributed by atoms with van der Waals surface area (Å²) >= 11 is 0. The predicted molar refractivity (Wildman–Crippen MR) is 135 cm³/mol. The summed E-state index contributed by atoms with van der Waals surface area (Å²) in [5.41, 5.74) is 5.18. The second-order valence-corrected chi connectivity index (χ2v) is 9.24.